The van der Waals surface area contributed by atoms with Gasteiger partial charge in [-0.2, -0.15) is 0 Å². The van der Waals surface area contributed by atoms with Crippen LogP contribution in [-0.2, 0) is 4.79 Å². The molecule has 0 radical (unpaired) electrons. The Morgan fingerprint density at radius 3 is 2.73 bits per heavy atom. The van der Waals surface area contributed by atoms with E-state index in [2.05, 4.69) is 4.98 Å². The summed E-state index contributed by atoms with van der Waals surface area (Å²) in [4.78, 5) is 19.9. The van der Waals surface area contributed by atoms with Gasteiger partial charge in [-0.15, -0.1) is 11.3 Å². The van der Waals surface area contributed by atoms with Crippen molar-refractivity contribution in [3.05, 3.63) is 41.9 Å². The molecule has 0 saturated heterocycles. The van der Waals surface area contributed by atoms with Gasteiger partial charge in [-0.25, -0.2) is 4.98 Å². The molecule has 1 heterocycles. The summed E-state index contributed by atoms with van der Waals surface area (Å²) in [6, 6.07) is 9.75. The topological polar surface area (TPSA) is 45.7 Å². The van der Waals surface area contributed by atoms with Crippen LogP contribution in [0, 0.1) is 0 Å². The van der Waals surface area contributed by atoms with Gasteiger partial charge < -0.3 is 4.74 Å². The molecule has 22 heavy (non-hydrogen) atoms. The zero-order valence-corrected chi connectivity index (χ0v) is 13.8. The number of thiazole rings is 1. The van der Waals surface area contributed by atoms with Crippen LogP contribution in [-0.4, -0.2) is 49.6 Å². The van der Waals surface area contributed by atoms with Crippen molar-refractivity contribution in [3.63, 3.8) is 0 Å². The molecule has 0 aliphatic rings. The highest BCUT2D eigenvalue weighted by Gasteiger charge is 2.14. The number of carbonyl (C=O) groups excluding carboxylic acids is 1. The Hall–Kier alpha value is -1.92. The van der Waals surface area contributed by atoms with Crippen LogP contribution in [0.1, 0.15) is 6.42 Å². The predicted octanol–water partition coefficient (Wildman–Crippen LogP) is 2.51. The zero-order chi connectivity index (χ0) is 15.8. The van der Waals surface area contributed by atoms with E-state index in [4.69, 9.17) is 4.74 Å². The van der Waals surface area contributed by atoms with Gasteiger partial charge in [0, 0.05) is 25.2 Å². The Morgan fingerprint density at radius 1 is 1.27 bits per heavy atom. The molecular formula is C16H21N3O2S. The van der Waals surface area contributed by atoms with Crippen molar-refractivity contribution in [1.29, 1.82) is 0 Å². The van der Waals surface area contributed by atoms with E-state index in [1.165, 1.54) is 11.3 Å². The molecular weight excluding hydrogens is 298 g/mol. The van der Waals surface area contributed by atoms with Crippen LogP contribution < -0.4 is 9.64 Å². The van der Waals surface area contributed by atoms with Crippen molar-refractivity contribution >= 4 is 22.4 Å². The zero-order valence-electron chi connectivity index (χ0n) is 12.9. The smallest absolute Gasteiger partial charge is 0.242 e. The number of hydrogen-bond donors (Lipinski definition) is 0. The van der Waals surface area contributed by atoms with Crippen molar-refractivity contribution < 1.29 is 9.53 Å². The Balaban J connectivity index is 1.65. The highest BCUT2D eigenvalue weighted by molar-refractivity contribution is 7.13. The number of hydrogen-bond acceptors (Lipinski definition) is 5. The molecule has 0 spiro atoms. The third-order valence-electron chi connectivity index (χ3n) is 3.18. The molecule has 0 saturated carbocycles. The van der Waals surface area contributed by atoms with Crippen molar-refractivity contribution in [2.24, 2.45) is 0 Å². The normalized spacial score (nSPS) is 10.7. The number of aromatic nitrogens is 1. The first kappa shape index (κ1) is 16.5. The Labute approximate surface area is 135 Å². The highest BCUT2D eigenvalue weighted by atomic mass is 32.1. The van der Waals surface area contributed by atoms with Crippen LogP contribution in [0.5, 0.6) is 5.75 Å². The summed E-state index contributed by atoms with van der Waals surface area (Å²) in [7, 11) is 3.70. The fraction of sp³-hybridized carbons (Fsp3) is 0.375. The molecule has 118 valence electrons. The van der Waals surface area contributed by atoms with E-state index in [0.29, 0.717) is 13.2 Å². The average molecular weight is 319 g/mol. The van der Waals surface area contributed by atoms with Crippen LogP contribution in [0.4, 0.5) is 5.13 Å². The lowest BCUT2D eigenvalue weighted by Gasteiger charge is -2.20. The van der Waals surface area contributed by atoms with Crippen LogP contribution in [0.25, 0.3) is 0 Å². The lowest BCUT2D eigenvalue weighted by Crippen LogP contribution is -2.37. The van der Waals surface area contributed by atoms with Gasteiger partial charge in [0.15, 0.2) is 5.13 Å². The number of amides is 1. The number of benzene rings is 1. The van der Waals surface area contributed by atoms with Gasteiger partial charge in [0.2, 0.25) is 5.91 Å². The van der Waals surface area contributed by atoms with Crippen molar-refractivity contribution in [1.82, 2.24) is 9.88 Å². The van der Waals surface area contributed by atoms with Gasteiger partial charge in [0.05, 0.1) is 13.2 Å². The minimum absolute atomic E-state index is 0.0430. The van der Waals surface area contributed by atoms with Crippen molar-refractivity contribution in [2.45, 2.75) is 6.42 Å². The van der Waals surface area contributed by atoms with E-state index in [9.17, 15) is 4.79 Å². The van der Waals surface area contributed by atoms with E-state index < -0.39 is 0 Å². The molecule has 5 nitrogen and oxygen atoms in total. The Bertz CT molecular complexity index is 560. The van der Waals surface area contributed by atoms with Gasteiger partial charge in [-0.1, -0.05) is 18.2 Å². The van der Waals surface area contributed by atoms with Gasteiger partial charge in [0.25, 0.3) is 0 Å². The van der Waals surface area contributed by atoms with Gasteiger partial charge in [-0.05, 0) is 25.6 Å². The maximum Gasteiger partial charge on any atom is 0.242 e. The number of para-hydroxylation sites is 1. The number of nitrogens with zero attached hydrogens (tertiary/aromatic N) is 3. The molecule has 6 heteroatoms. The molecule has 2 aromatic rings. The first-order valence-corrected chi connectivity index (χ1v) is 8.07. The van der Waals surface area contributed by atoms with Gasteiger partial charge >= 0.3 is 0 Å². The number of carbonyl (C=O) groups is 1. The largest absolute Gasteiger partial charge is 0.494 e. The Morgan fingerprint density at radius 2 is 2.05 bits per heavy atom. The lowest BCUT2D eigenvalue weighted by atomic mass is 10.3. The molecule has 1 amide bonds. The van der Waals surface area contributed by atoms with Crippen LogP contribution in [0.15, 0.2) is 41.9 Å². The maximum absolute atomic E-state index is 12.1. The number of rotatable bonds is 8. The summed E-state index contributed by atoms with van der Waals surface area (Å²) < 4.78 is 5.64. The van der Waals surface area contributed by atoms with Crippen LogP contribution in [0.2, 0.25) is 0 Å². The number of anilines is 1. The van der Waals surface area contributed by atoms with E-state index in [-0.39, 0.29) is 5.91 Å². The van der Waals surface area contributed by atoms with Crippen LogP contribution in [0.3, 0.4) is 0 Å². The minimum atomic E-state index is 0.0430. The summed E-state index contributed by atoms with van der Waals surface area (Å²) in [5.41, 5.74) is 0. The number of ether oxygens (including phenoxy) is 1. The molecule has 2 rings (SSSR count). The highest BCUT2D eigenvalue weighted by Crippen LogP contribution is 2.15. The first-order chi connectivity index (χ1) is 10.7. The van der Waals surface area contributed by atoms with Crippen molar-refractivity contribution in [2.75, 3.05) is 38.7 Å². The van der Waals surface area contributed by atoms with E-state index in [0.717, 1.165) is 23.8 Å². The summed E-state index contributed by atoms with van der Waals surface area (Å²) in [5.74, 6) is 0.922. The van der Waals surface area contributed by atoms with E-state index in [1.54, 1.807) is 18.1 Å². The second-order valence-corrected chi connectivity index (χ2v) is 5.89. The molecule has 0 aliphatic carbocycles. The monoisotopic (exact) mass is 319 g/mol. The lowest BCUT2D eigenvalue weighted by molar-refractivity contribution is -0.119. The second-order valence-electron chi connectivity index (χ2n) is 5.02. The molecule has 1 aromatic carbocycles. The summed E-state index contributed by atoms with van der Waals surface area (Å²) >= 11 is 1.46. The summed E-state index contributed by atoms with van der Waals surface area (Å²) in [6.45, 7) is 1.83. The fourth-order valence-electron chi connectivity index (χ4n) is 1.95. The molecule has 0 atom stereocenters. The van der Waals surface area contributed by atoms with Gasteiger partial charge in [-0.3, -0.25) is 14.6 Å². The fourth-order valence-corrected chi connectivity index (χ4v) is 2.57. The van der Waals surface area contributed by atoms with Gasteiger partial charge in [0.1, 0.15) is 5.75 Å². The van der Waals surface area contributed by atoms with E-state index >= 15 is 0 Å². The average Bonchev–Trinajstić information content (AvgIpc) is 3.06. The third kappa shape index (κ3) is 5.13. The first-order valence-electron chi connectivity index (χ1n) is 7.19. The van der Waals surface area contributed by atoms with E-state index in [1.807, 2.05) is 47.7 Å². The molecule has 0 unspecified atom stereocenters. The molecule has 0 bridgehead atoms. The van der Waals surface area contributed by atoms with Crippen LogP contribution >= 0.6 is 11.3 Å². The molecule has 1 aromatic heterocycles. The predicted molar refractivity (Wildman–Crippen MR) is 89.6 cm³/mol. The quantitative estimate of drug-likeness (QED) is 0.701. The standard InChI is InChI=1S/C16H21N3O2S/c1-18(10-6-11-21-14-7-4-3-5-8-14)13-15(20)19(2)16-17-9-12-22-16/h3-5,7-9,12H,6,10-11,13H2,1-2H3. The Kier molecular flexibility index (Phi) is 6.36. The SMILES string of the molecule is CN(CCCOc1ccccc1)CC(=O)N(C)c1nccs1. The summed E-state index contributed by atoms with van der Waals surface area (Å²) in [6.07, 6.45) is 2.58. The molecule has 0 aliphatic heterocycles. The summed E-state index contributed by atoms with van der Waals surface area (Å²) in [5, 5.41) is 2.59. The third-order valence-corrected chi connectivity index (χ3v) is 4.03. The molecule has 0 fully saturated rings. The number of likely N-dealkylation sites (N-methyl/N-ethyl adjacent to an activating group) is 2. The minimum Gasteiger partial charge on any atom is -0.494 e. The maximum atomic E-state index is 12.1. The van der Waals surface area contributed by atoms with Crippen molar-refractivity contribution in [3.8, 4) is 5.75 Å². The molecule has 0 N–H and O–H groups in total. The second kappa shape index (κ2) is 8.51.